The minimum Gasteiger partial charge on any atom is -0.159 e. The lowest BCUT2D eigenvalue weighted by atomic mass is 10.4. The van der Waals surface area contributed by atoms with E-state index in [1.54, 1.807) is 11.3 Å². The van der Waals surface area contributed by atoms with Crippen LogP contribution in [0.2, 0.25) is 0 Å². The van der Waals surface area contributed by atoms with E-state index in [-0.39, 0.29) is 0 Å². The maximum atomic E-state index is 3.79. The third-order valence-corrected chi connectivity index (χ3v) is 1.51. The van der Waals surface area contributed by atoms with Gasteiger partial charge in [0, 0.05) is 0 Å². The highest BCUT2D eigenvalue weighted by Crippen LogP contribution is 2.09. The van der Waals surface area contributed by atoms with Crippen molar-refractivity contribution in [1.29, 1.82) is 0 Å². The van der Waals surface area contributed by atoms with Crippen molar-refractivity contribution in [3.8, 4) is 0 Å². The van der Waals surface area contributed by atoms with Gasteiger partial charge in [0.2, 0.25) is 0 Å². The van der Waals surface area contributed by atoms with E-state index in [0.29, 0.717) is 6.54 Å². The van der Waals surface area contributed by atoms with E-state index in [1.807, 2.05) is 30.4 Å². The summed E-state index contributed by atoms with van der Waals surface area (Å²) in [5.41, 5.74) is 0. The zero-order valence-electron chi connectivity index (χ0n) is 6.85. The molecule has 0 saturated heterocycles. The fourth-order valence-electron chi connectivity index (χ4n) is 0.926. The summed E-state index contributed by atoms with van der Waals surface area (Å²) in [6.45, 7) is 0.622. The molecule has 0 aromatic carbocycles. The number of hydrazine groups is 1. The van der Waals surface area contributed by atoms with Crippen molar-refractivity contribution in [1.82, 2.24) is 10.2 Å². The topological polar surface area (TPSA) is 55.9 Å². The van der Waals surface area contributed by atoms with E-state index < -0.39 is 0 Å². The average Bonchev–Trinajstić information content (AvgIpc) is 2.28. The first-order chi connectivity index (χ1) is 6.47. The van der Waals surface area contributed by atoms with Gasteiger partial charge in [0.25, 0.3) is 0 Å². The SMILES string of the molecule is C1=C\C=C\N2N=NN=NN2C/C=C/1. The molecular weight excluding hydrogens is 168 g/mol. The summed E-state index contributed by atoms with van der Waals surface area (Å²) in [5.74, 6) is 0. The monoisotopic (exact) mass is 176 g/mol. The summed E-state index contributed by atoms with van der Waals surface area (Å²) in [6, 6.07) is 0. The summed E-state index contributed by atoms with van der Waals surface area (Å²) >= 11 is 0. The minimum absolute atomic E-state index is 0.622. The van der Waals surface area contributed by atoms with Crippen molar-refractivity contribution in [3.63, 3.8) is 0 Å². The molecule has 66 valence electrons. The van der Waals surface area contributed by atoms with Gasteiger partial charge in [0.15, 0.2) is 0 Å². The van der Waals surface area contributed by atoms with Crippen LogP contribution in [0.3, 0.4) is 0 Å². The molecule has 0 aliphatic carbocycles. The number of nitrogens with zero attached hydrogens (tertiary/aromatic N) is 6. The van der Waals surface area contributed by atoms with Crippen molar-refractivity contribution in [2.45, 2.75) is 0 Å². The Morgan fingerprint density at radius 2 is 1.77 bits per heavy atom. The first kappa shape index (κ1) is 7.66. The zero-order chi connectivity index (χ0) is 8.93. The van der Waals surface area contributed by atoms with E-state index in [0.717, 1.165) is 0 Å². The average molecular weight is 176 g/mol. The number of fused-ring (bicyclic) bond motifs is 1. The van der Waals surface area contributed by atoms with Crippen molar-refractivity contribution in [2.24, 2.45) is 20.9 Å². The van der Waals surface area contributed by atoms with Crippen LogP contribution in [0.5, 0.6) is 0 Å². The predicted molar refractivity (Wildman–Crippen MR) is 45.7 cm³/mol. The minimum atomic E-state index is 0.622. The highest BCUT2D eigenvalue weighted by Gasteiger charge is 2.10. The Labute approximate surface area is 75.1 Å². The molecule has 13 heavy (non-hydrogen) atoms. The lowest BCUT2D eigenvalue weighted by Crippen LogP contribution is -2.31. The maximum Gasteiger partial charge on any atom is 0.0809 e. The summed E-state index contributed by atoms with van der Waals surface area (Å²) in [6.07, 6.45) is 11.3. The molecule has 0 amide bonds. The van der Waals surface area contributed by atoms with Gasteiger partial charge in [0.1, 0.15) is 0 Å². The molecule has 0 unspecified atom stereocenters. The summed E-state index contributed by atoms with van der Waals surface area (Å²) in [7, 11) is 0. The van der Waals surface area contributed by atoms with E-state index in [9.17, 15) is 0 Å². The molecule has 2 aliphatic heterocycles. The molecule has 0 aromatic rings. The fraction of sp³-hybridized carbons (Fsp3) is 0.143. The van der Waals surface area contributed by atoms with Gasteiger partial charge in [-0.05, 0) is 27.0 Å². The Hall–Kier alpha value is -1.98. The highest BCUT2D eigenvalue weighted by atomic mass is 16.0. The maximum absolute atomic E-state index is 3.79. The molecule has 0 bridgehead atoms. The van der Waals surface area contributed by atoms with Gasteiger partial charge < -0.3 is 0 Å². The first-order valence-corrected chi connectivity index (χ1v) is 3.85. The summed E-state index contributed by atoms with van der Waals surface area (Å²) < 4.78 is 0. The Bertz CT molecular complexity index is 313. The standard InChI is InChI=1S/C7H8N6/c1-2-4-6-12-10-8-9-11-13(12)7-5-3-1/h1-6H,7H2/b2-1-,5-3+,6-4+. The molecule has 0 aromatic heterocycles. The van der Waals surface area contributed by atoms with Gasteiger partial charge in [-0.15, -0.1) is 5.12 Å². The normalized spacial score (nSPS) is 27.1. The van der Waals surface area contributed by atoms with Crippen LogP contribution < -0.4 is 0 Å². The number of allylic oxidation sites excluding steroid dienone is 4. The second-order valence-corrected chi connectivity index (χ2v) is 2.39. The molecule has 2 rings (SSSR count). The van der Waals surface area contributed by atoms with Gasteiger partial charge in [0.05, 0.1) is 12.7 Å². The van der Waals surface area contributed by atoms with Gasteiger partial charge >= 0.3 is 0 Å². The lowest BCUT2D eigenvalue weighted by molar-refractivity contribution is 0.00379. The predicted octanol–water partition coefficient (Wildman–Crippen LogP) is 1.81. The van der Waals surface area contributed by atoms with Gasteiger partial charge in [-0.2, -0.15) is 5.12 Å². The number of hydrogen-bond acceptors (Lipinski definition) is 6. The molecule has 0 saturated carbocycles. The zero-order valence-corrected chi connectivity index (χ0v) is 6.85. The van der Waals surface area contributed by atoms with Crippen LogP contribution in [0.15, 0.2) is 57.5 Å². The van der Waals surface area contributed by atoms with Crippen LogP contribution in [0.1, 0.15) is 0 Å². The van der Waals surface area contributed by atoms with E-state index in [2.05, 4.69) is 20.9 Å². The smallest absolute Gasteiger partial charge is 0.0809 e. The van der Waals surface area contributed by atoms with Crippen LogP contribution in [0.25, 0.3) is 0 Å². The van der Waals surface area contributed by atoms with Crippen molar-refractivity contribution in [2.75, 3.05) is 6.54 Å². The molecule has 6 nitrogen and oxygen atoms in total. The van der Waals surface area contributed by atoms with Crippen molar-refractivity contribution in [3.05, 3.63) is 36.6 Å². The van der Waals surface area contributed by atoms with Gasteiger partial charge in [-0.3, -0.25) is 0 Å². The van der Waals surface area contributed by atoms with E-state index in [4.69, 9.17) is 0 Å². The molecule has 0 atom stereocenters. The molecular formula is C7H8N6. The lowest BCUT2D eigenvalue weighted by Gasteiger charge is -2.23. The Kier molecular flexibility index (Phi) is 2.13. The van der Waals surface area contributed by atoms with E-state index in [1.165, 1.54) is 5.12 Å². The molecule has 0 N–H and O–H groups in total. The molecule has 0 spiro atoms. The quantitative estimate of drug-likeness (QED) is 0.565. The summed E-state index contributed by atoms with van der Waals surface area (Å²) in [5, 5.41) is 17.5. The van der Waals surface area contributed by atoms with Crippen LogP contribution in [0, 0.1) is 0 Å². The molecule has 2 heterocycles. The third-order valence-electron chi connectivity index (χ3n) is 1.51. The second kappa shape index (κ2) is 3.61. The first-order valence-electron chi connectivity index (χ1n) is 3.85. The number of rotatable bonds is 0. The Morgan fingerprint density at radius 1 is 0.923 bits per heavy atom. The Morgan fingerprint density at radius 3 is 2.77 bits per heavy atom. The number of hydrogen-bond donors (Lipinski definition) is 0. The Balaban J connectivity index is 2.20. The fourth-order valence-corrected chi connectivity index (χ4v) is 0.926. The molecule has 0 radical (unpaired) electrons. The molecule has 6 heteroatoms. The third kappa shape index (κ3) is 1.78. The van der Waals surface area contributed by atoms with Crippen LogP contribution in [0.4, 0.5) is 0 Å². The van der Waals surface area contributed by atoms with Gasteiger partial charge in [-0.25, -0.2) is 0 Å². The van der Waals surface area contributed by atoms with Crippen LogP contribution >= 0.6 is 0 Å². The summed E-state index contributed by atoms with van der Waals surface area (Å²) in [4.78, 5) is 0. The highest BCUT2D eigenvalue weighted by molar-refractivity contribution is 5.11. The van der Waals surface area contributed by atoms with Crippen molar-refractivity contribution >= 4 is 0 Å². The second-order valence-electron chi connectivity index (χ2n) is 2.39. The van der Waals surface area contributed by atoms with Crippen LogP contribution in [-0.4, -0.2) is 16.8 Å². The van der Waals surface area contributed by atoms with E-state index >= 15 is 0 Å². The molecule has 2 aliphatic rings. The van der Waals surface area contributed by atoms with Gasteiger partial charge in [-0.1, -0.05) is 24.3 Å². The van der Waals surface area contributed by atoms with Crippen molar-refractivity contribution < 1.29 is 0 Å². The largest absolute Gasteiger partial charge is 0.159 e. The van der Waals surface area contributed by atoms with Crippen LogP contribution in [-0.2, 0) is 0 Å². The molecule has 0 fully saturated rings.